The van der Waals surface area contributed by atoms with Crippen LogP contribution in [0, 0.1) is 0 Å². The summed E-state index contributed by atoms with van der Waals surface area (Å²) in [5, 5.41) is 0.688. The van der Waals surface area contributed by atoms with Crippen LogP contribution in [-0.2, 0) is 31.7 Å². The van der Waals surface area contributed by atoms with Gasteiger partial charge in [0.1, 0.15) is 0 Å². The van der Waals surface area contributed by atoms with Gasteiger partial charge in [0.15, 0.2) is 0 Å². The van der Waals surface area contributed by atoms with Gasteiger partial charge in [-0.15, -0.1) is 0 Å². The number of carbonyl (C=O) groups is 1. The third kappa shape index (κ3) is 4.04. The van der Waals surface area contributed by atoms with Gasteiger partial charge < -0.3 is 0 Å². The predicted octanol–water partition coefficient (Wildman–Crippen LogP) is 3.34. The van der Waals surface area contributed by atoms with E-state index in [1.165, 1.54) is 0 Å². The Labute approximate surface area is 112 Å². The minimum absolute atomic E-state index is 0.0396. The summed E-state index contributed by atoms with van der Waals surface area (Å²) in [5.41, 5.74) is 1.01. The molecule has 0 spiro atoms. The number of hydrogen-bond donors (Lipinski definition) is 0. The van der Waals surface area contributed by atoms with Crippen molar-refractivity contribution < 1.29 is 31.7 Å². The first-order chi connectivity index (χ1) is 7.19. The van der Waals surface area contributed by atoms with Crippen LogP contribution in [0.1, 0.15) is 15.9 Å². The van der Waals surface area contributed by atoms with Crippen LogP contribution in [0.15, 0.2) is 24.3 Å². The SMILES string of the molecule is CCOC(=O)[CH]([Hg][Br])c1ccc(Cl)cc1. The fraction of sp³-hybridized carbons (Fsp3) is 0.300. The molecule has 0 amide bonds. The summed E-state index contributed by atoms with van der Waals surface area (Å²) in [5.74, 6) is -0.113. The van der Waals surface area contributed by atoms with E-state index in [0.29, 0.717) is 11.6 Å². The Balaban J connectivity index is 2.82. The van der Waals surface area contributed by atoms with Crippen molar-refractivity contribution in [1.29, 1.82) is 0 Å². The van der Waals surface area contributed by atoms with E-state index < -0.39 is 22.1 Å². The second kappa shape index (κ2) is 6.87. The first-order valence-corrected chi connectivity index (χ1v) is 20.1. The molecule has 0 saturated heterocycles. The van der Waals surface area contributed by atoms with Gasteiger partial charge in [-0.1, -0.05) is 0 Å². The van der Waals surface area contributed by atoms with Crippen molar-refractivity contribution in [1.82, 2.24) is 0 Å². The third-order valence-electron chi connectivity index (χ3n) is 2.00. The predicted molar refractivity (Wildman–Crippen MR) is 59.8 cm³/mol. The molecule has 2 nitrogen and oxygen atoms in total. The molecule has 0 fully saturated rings. The van der Waals surface area contributed by atoms with Crippen molar-refractivity contribution in [3.05, 3.63) is 34.9 Å². The summed E-state index contributed by atoms with van der Waals surface area (Å²) in [6.45, 7) is 2.26. The first-order valence-electron chi connectivity index (χ1n) is 4.67. The van der Waals surface area contributed by atoms with E-state index in [1.54, 1.807) is 12.1 Å². The Morgan fingerprint density at radius 2 is 2.13 bits per heavy atom. The van der Waals surface area contributed by atoms with Gasteiger partial charge in [-0.05, 0) is 0 Å². The molecule has 0 aliphatic rings. The normalized spacial score (nSPS) is 11.7. The molecule has 1 atom stereocenters. The summed E-state index contributed by atoms with van der Waals surface area (Å²) in [6.07, 6.45) is 0. The number of carbonyl (C=O) groups excluding carboxylic acids is 1. The zero-order chi connectivity index (χ0) is 11.3. The number of halogens is 2. The monoisotopic (exact) mass is 478 g/mol. The van der Waals surface area contributed by atoms with Crippen molar-refractivity contribution in [2.24, 2.45) is 0 Å². The molecule has 0 saturated carbocycles. The van der Waals surface area contributed by atoms with Crippen LogP contribution in [0.4, 0.5) is 0 Å². The van der Waals surface area contributed by atoms with Crippen LogP contribution in [0.3, 0.4) is 0 Å². The molecule has 0 bridgehead atoms. The fourth-order valence-electron chi connectivity index (χ4n) is 1.23. The zero-order valence-electron chi connectivity index (χ0n) is 8.37. The first kappa shape index (κ1) is 13.5. The van der Waals surface area contributed by atoms with Gasteiger partial charge in [-0.2, -0.15) is 0 Å². The average Bonchev–Trinajstić information content (AvgIpc) is 2.22. The number of esters is 1. The third-order valence-corrected chi connectivity index (χ3v) is 12.3. The molecule has 1 unspecified atom stereocenters. The molecule has 1 aromatic carbocycles. The van der Waals surface area contributed by atoms with Crippen LogP contribution in [0.5, 0.6) is 0 Å². The van der Waals surface area contributed by atoms with E-state index in [0.717, 1.165) is 5.56 Å². The van der Waals surface area contributed by atoms with E-state index in [2.05, 4.69) is 11.9 Å². The van der Waals surface area contributed by atoms with Crippen molar-refractivity contribution >= 4 is 29.5 Å². The molecule has 0 aliphatic heterocycles. The maximum atomic E-state index is 11.6. The fourth-order valence-corrected chi connectivity index (χ4v) is 9.65. The second-order valence-electron chi connectivity index (χ2n) is 3.01. The van der Waals surface area contributed by atoms with Gasteiger partial charge in [0.05, 0.1) is 0 Å². The molecule has 1 aromatic rings. The number of rotatable bonds is 4. The van der Waals surface area contributed by atoms with Crippen molar-refractivity contribution in [2.75, 3.05) is 6.61 Å². The molecule has 5 heteroatoms. The Bertz CT molecular complexity index is 329. The summed E-state index contributed by atoms with van der Waals surface area (Å²) in [6, 6.07) is 7.40. The molecule has 0 aromatic heterocycles. The minimum atomic E-state index is -1.38. The Morgan fingerprint density at radius 1 is 1.53 bits per heavy atom. The molecule has 0 aliphatic carbocycles. The van der Waals surface area contributed by atoms with Crippen LogP contribution in [0.25, 0.3) is 0 Å². The summed E-state index contributed by atoms with van der Waals surface area (Å²) in [4.78, 5) is 11.6. The molecule has 15 heavy (non-hydrogen) atoms. The number of benzene rings is 1. The molecular weight excluding hydrogens is 468 g/mol. The van der Waals surface area contributed by atoms with Gasteiger partial charge in [0, 0.05) is 0 Å². The Hall–Kier alpha value is 0.395. The standard InChI is InChI=1S/C10H10ClO2.BrH.Hg/c1-2-13-10(12)7-8-3-5-9(11)6-4-8;;/h3-7H,2H2,1H3;1H;/q;;+1/p-1. The van der Waals surface area contributed by atoms with Crippen molar-refractivity contribution in [2.45, 2.75) is 10.4 Å². The maximum absolute atomic E-state index is 11.6. The van der Waals surface area contributed by atoms with Gasteiger partial charge in [0.2, 0.25) is 0 Å². The average molecular weight is 478 g/mol. The molecule has 1 rings (SSSR count). The summed E-state index contributed by atoms with van der Waals surface area (Å²) in [7, 11) is 0. The van der Waals surface area contributed by atoms with Gasteiger partial charge in [-0.3, -0.25) is 0 Å². The van der Waals surface area contributed by atoms with Crippen LogP contribution in [0.2, 0.25) is 5.02 Å². The van der Waals surface area contributed by atoms with Crippen LogP contribution >= 0.6 is 23.5 Å². The number of ether oxygens (including phenoxy) is 1. The topological polar surface area (TPSA) is 26.3 Å². The number of hydrogen-bond acceptors (Lipinski definition) is 2. The summed E-state index contributed by atoms with van der Waals surface area (Å²) < 4.78 is 4.99. The van der Waals surface area contributed by atoms with Crippen molar-refractivity contribution in [3.63, 3.8) is 0 Å². The van der Waals surface area contributed by atoms with Crippen LogP contribution < -0.4 is 0 Å². The summed E-state index contributed by atoms with van der Waals surface area (Å²) >= 11 is 7.94. The van der Waals surface area contributed by atoms with Gasteiger partial charge in [0.25, 0.3) is 0 Å². The van der Waals surface area contributed by atoms with Crippen LogP contribution in [-0.4, -0.2) is 12.6 Å². The van der Waals surface area contributed by atoms with E-state index in [9.17, 15) is 4.79 Å². The second-order valence-corrected chi connectivity index (χ2v) is 13.5. The quantitative estimate of drug-likeness (QED) is 0.491. The van der Waals surface area contributed by atoms with Gasteiger partial charge in [-0.25, -0.2) is 0 Å². The van der Waals surface area contributed by atoms with E-state index in [1.807, 2.05) is 19.1 Å². The molecular formula is C10H10BrClHgO2. The van der Waals surface area contributed by atoms with Gasteiger partial charge >= 0.3 is 113 Å². The molecule has 0 N–H and O–H groups in total. The Morgan fingerprint density at radius 3 is 2.60 bits per heavy atom. The molecule has 78 valence electrons. The van der Waals surface area contributed by atoms with E-state index in [-0.39, 0.29) is 9.40 Å². The molecule has 0 radical (unpaired) electrons. The van der Waals surface area contributed by atoms with E-state index in [4.69, 9.17) is 16.3 Å². The zero-order valence-corrected chi connectivity index (χ0v) is 16.2. The van der Waals surface area contributed by atoms with E-state index >= 15 is 0 Å². The Kier molecular flexibility index (Phi) is 6.16. The van der Waals surface area contributed by atoms with Crippen molar-refractivity contribution in [3.8, 4) is 0 Å². The molecule has 0 heterocycles.